The summed E-state index contributed by atoms with van der Waals surface area (Å²) in [5.74, 6) is 0. The number of rotatable bonds is 5. The summed E-state index contributed by atoms with van der Waals surface area (Å²) in [6.45, 7) is 5.40. The van der Waals surface area contributed by atoms with Gasteiger partial charge in [0.1, 0.15) is 0 Å². The summed E-state index contributed by atoms with van der Waals surface area (Å²) in [7, 11) is 0. The van der Waals surface area contributed by atoms with Gasteiger partial charge in [-0.3, -0.25) is 0 Å². The van der Waals surface area contributed by atoms with Crippen molar-refractivity contribution in [3.8, 4) is 0 Å². The molecular weight excluding hydrogens is 218 g/mol. The third-order valence-electron chi connectivity index (χ3n) is 3.64. The van der Waals surface area contributed by atoms with Crippen LogP contribution in [0, 0.1) is 0 Å². The first-order valence-corrected chi connectivity index (χ1v) is 6.59. The maximum Gasteiger partial charge on any atom is 0.0406 e. The van der Waals surface area contributed by atoms with Crippen molar-refractivity contribution in [2.24, 2.45) is 0 Å². The highest BCUT2D eigenvalue weighted by atomic mass is 15.0. The highest BCUT2D eigenvalue weighted by Crippen LogP contribution is 2.24. The van der Waals surface area contributed by atoms with Crippen LogP contribution in [0.15, 0.2) is 60.7 Å². The van der Waals surface area contributed by atoms with Crippen LogP contribution < -0.4 is 5.32 Å². The van der Waals surface area contributed by atoms with E-state index in [9.17, 15) is 0 Å². The molecule has 0 saturated carbocycles. The number of hydrogen-bond acceptors (Lipinski definition) is 1. The molecule has 1 nitrogen and oxygen atoms in total. The molecule has 0 fully saturated rings. The summed E-state index contributed by atoms with van der Waals surface area (Å²) < 4.78 is 0. The van der Waals surface area contributed by atoms with Crippen molar-refractivity contribution in [3.05, 3.63) is 71.8 Å². The number of benzene rings is 2. The fourth-order valence-corrected chi connectivity index (χ4v) is 2.13. The predicted molar refractivity (Wildman–Crippen MR) is 77.4 cm³/mol. The molecule has 94 valence electrons. The van der Waals surface area contributed by atoms with E-state index in [-0.39, 0.29) is 5.54 Å². The molecule has 1 N–H and O–H groups in total. The van der Waals surface area contributed by atoms with Crippen molar-refractivity contribution < 1.29 is 0 Å². The van der Waals surface area contributed by atoms with Crippen LogP contribution in [0.1, 0.15) is 31.4 Å². The molecule has 18 heavy (non-hydrogen) atoms. The Balaban J connectivity index is 2.10. The molecule has 1 atom stereocenters. The first-order chi connectivity index (χ1) is 8.74. The average Bonchev–Trinajstić information content (AvgIpc) is 2.47. The maximum absolute atomic E-state index is 3.68. The van der Waals surface area contributed by atoms with Gasteiger partial charge in [-0.1, -0.05) is 67.6 Å². The van der Waals surface area contributed by atoms with E-state index in [2.05, 4.69) is 79.8 Å². The summed E-state index contributed by atoms with van der Waals surface area (Å²) in [4.78, 5) is 0. The van der Waals surface area contributed by atoms with E-state index in [1.54, 1.807) is 0 Å². The van der Waals surface area contributed by atoms with Gasteiger partial charge in [-0.05, 0) is 24.5 Å². The summed E-state index contributed by atoms with van der Waals surface area (Å²) in [5.41, 5.74) is 2.72. The first kappa shape index (κ1) is 12.8. The molecule has 1 heteroatoms. The van der Waals surface area contributed by atoms with Gasteiger partial charge in [-0.15, -0.1) is 0 Å². The van der Waals surface area contributed by atoms with Gasteiger partial charge < -0.3 is 5.32 Å². The van der Waals surface area contributed by atoms with Gasteiger partial charge in [0, 0.05) is 12.1 Å². The molecule has 0 aliphatic carbocycles. The van der Waals surface area contributed by atoms with Crippen LogP contribution in [-0.2, 0) is 12.1 Å². The molecule has 0 heterocycles. The van der Waals surface area contributed by atoms with Crippen LogP contribution in [0.25, 0.3) is 0 Å². The highest BCUT2D eigenvalue weighted by Gasteiger charge is 2.22. The van der Waals surface area contributed by atoms with Crippen molar-refractivity contribution in [1.29, 1.82) is 0 Å². The molecule has 0 radical (unpaired) electrons. The van der Waals surface area contributed by atoms with E-state index in [4.69, 9.17) is 0 Å². The highest BCUT2D eigenvalue weighted by molar-refractivity contribution is 5.24. The van der Waals surface area contributed by atoms with Crippen LogP contribution in [0.2, 0.25) is 0 Å². The van der Waals surface area contributed by atoms with Crippen LogP contribution in [0.5, 0.6) is 0 Å². The second-order valence-electron chi connectivity index (χ2n) is 4.89. The summed E-state index contributed by atoms with van der Waals surface area (Å²) in [6, 6.07) is 21.2. The molecular formula is C17H21N. The van der Waals surface area contributed by atoms with Crippen LogP contribution in [-0.4, -0.2) is 0 Å². The molecule has 0 aliphatic heterocycles. The Kier molecular flexibility index (Phi) is 4.16. The van der Waals surface area contributed by atoms with Gasteiger partial charge in [0.15, 0.2) is 0 Å². The second kappa shape index (κ2) is 5.83. The average molecular weight is 239 g/mol. The van der Waals surface area contributed by atoms with Crippen molar-refractivity contribution in [3.63, 3.8) is 0 Å². The number of nitrogens with one attached hydrogen (secondary N) is 1. The van der Waals surface area contributed by atoms with Crippen LogP contribution >= 0.6 is 0 Å². The third kappa shape index (κ3) is 2.99. The third-order valence-corrected chi connectivity index (χ3v) is 3.64. The standard InChI is InChI=1S/C17H21N/c1-3-17(2,16-12-8-5-9-13-16)18-14-15-10-6-4-7-11-15/h4-13,18H,3,14H2,1-2H3/t17-/m1/s1. The number of hydrogen-bond donors (Lipinski definition) is 1. The van der Waals surface area contributed by atoms with E-state index in [0.29, 0.717) is 0 Å². The van der Waals surface area contributed by atoms with Gasteiger partial charge in [0.25, 0.3) is 0 Å². The van der Waals surface area contributed by atoms with Crippen molar-refractivity contribution in [2.75, 3.05) is 0 Å². The molecule has 0 aromatic heterocycles. The molecule has 0 saturated heterocycles. The second-order valence-corrected chi connectivity index (χ2v) is 4.89. The maximum atomic E-state index is 3.68. The summed E-state index contributed by atoms with van der Waals surface area (Å²) >= 11 is 0. The minimum absolute atomic E-state index is 0.0388. The fraction of sp³-hybridized carbons (Fsp3) is 0.294. The topological polar surface area (TPSA) is 12.0 Å². The zero-order valence-corrected chi connectivity index (χ0v) is 11.2. The quantitative estimate of drug-likeness (QED) is 0.828. The Bertz CT molecular complexity index is 463. The van der Waals surface area contributed by atoms with E-state index < -0.39 is 0 Å². The Morgan fingerprint density at radius 3 is 2.00 bits per heavy atom. The summed E-state index contributed by atoms with van der Waals surface area (Å²) in [5, 5.41) is 3.68. The smallest absolute Gasteiger partial charge is 0.0406 e. The van der Waals surface area contributed by atoms with Crippen molar-refractivity contribution in [2.45, 2.75) is 32.4 Å². The first-order valence-electron chi connectivity index (χ1n) is 6.59. The van der Waals surface area contributed by atoms with Crippen molar-refractivity contribution >= 4 is 0 Å². The van der Waals surface area contributed by atoms with Gasteiger partial charge >= 0.3 is 0 Å². The van der Waals surface area contributed by atoms with E-state index in [0.717, 1.165) is 13.0 Å². The lowest BCUT2D eigenvalue weighted by atomic mass is 9.89. The minimum Gasteiger partial charge on any atom is -0.304 e. The normalized spacial score (nSPS) is 14.1. The van der Waals surface area contributed by atoms with E-state index in [1.165, 1.54) is 11.1 Å². The van der Waals surface area contributed by atoms with Crippen LogP contribution in [0.4, 0.5) is 0 Å². The molecule has 2 aromatic rings. The lowest BCUT2D eigenvalue weighted by Crippen LogP contribution is -2.38. The van der Waals surface area contributed by atoms with Crippen molar-refractivity contribution in [1.82, 2.24) is 5.32 Å². The Morgan fingerprint density at radius 1 is 0.889 bits per heavy atom. The summed E-state index contributed by atoms with van der Waals surface area (Å²) in [6.07, 6.45) is 1.07. The molecule has 0 unspecified atom stereocenters. The van der Waals surface area contributed by atoms with Gasteiger partial charge in [0.2, 0.25) is 0 Å². The predicted octanol–water partition coefficient (Wildman–Crippen LogP) is 4.10. The molecule has 0 aliphatic rings. The van der Waals surface area contributed by atoms with Crippen LogP contribution in [0.3, 0.4) is 0 Å². The zero-order chi connectivity index (χ0) is 12.8. The van der Waals surface area contributed by atoms with Gasteiger partial charge in [-0.2, -0.15) is 0 Å². The SMILES string of the molecule is CC[C@@](C)(NCc1ccccc1)c1ccccc1. The molecule has 2 rings (SSSR count). The van der Waals surface area contributed by atoms with Gasteiger partial charge in [0.05, 0.1) is 0 Å². The Hall–Kier alpha value is -1.60. The molecule has 0 amide bonds. The Labute approximate surface area is 110 Å². The van der Waals surface area contributed by atoms with E-state index in [1.807, 2.05) is 0 Å². The van der Waals surface area contributed by atoms with Gasteiger partial charge in [-0.25, -0.2) is 0 Å². The molecule has 2 aromatic carbocycles. The zero-order valence-electron chi connectivity index (χ0n) is 11.2. The minimum atomic E-state index is 0.0388. The lowest BCUT2D eigenvalue weighted by Gasteiger charge is -2.30. The fourth-order valence-electron chi connectivity index (χ4n) is 2.13. The molecule has 0 bridgehead atoms. The largest absolute Gasteiger partial charge is 0.304 e. The van der Waals surface area contributed by atoms with E-state index >= 15 is 0 Å². The Morgan fingerprint density at radius 2 is 1.44 bits per heavy atom. The lowest BCUT2D eigenvalue weighted by molar-refractivity contribution is 0.351. The molecule has 0 spiro atoms. The monoisotopic (exact) mass is 239 g/mol.